The Morgan fingerprint density at radius 3 is 2.54 bits per heavy atom. The summed E-state index contributed by atoms with van der Waals surface area (Å²) in [6.45, 7) is 2.74. The van der Waals surface area contributed by atoms with Gasteiger partial charge in [0.15, 0.2) is 0 Å². The third-order valence-electron chi connectivity index (χ3n) is 4.84. The molecule has 148 valence electrons. The van der Waals surface area contributed by atoms with Crippen LogP contribution in [-0.2, 0) is 11.2 Å². The first kappa shape index (κ1) is 19.9. The van der Waals surface area contributed by atoms with Crippen LogP contribution in [0.2, 0.25) is 0 Å². The van der Waals surface area contributed by atoms with Gasteiger partial charge in [-0.2, -0.15) is 0 Å². The molecular weight excluding hydrogens is 354 g/mol. The van der Waals surface area contributed by atoms with Crippen molar-refractivity contribution in [3.63, 3.8) is 0 Å². The summed E-state index contributed by atoms with van der Waals surface area (Å²) in [6, 6.07) is 16.8. The van der Waals surface area contributed by atoms with Crippen molar-refractivity contribution in [2.24, 2.45) is 5.92 Å². The number of hydrogen-bond acceptors (Lipinski definition) is 3. The first-order valence-corrected chi connectivity index (χ1v) is 9.64. The molecule has 0 bridgehead atoms. The van der Waals surface area contributed by atoms with E-state index in [1.807, 2.05) is 30.3 Å². The van der Waals surface area contributed by atoms with Crippen molar-refractivity contribution in [2.45, 2.75) is 12.8 Å². The van der Waals surface area contributed by atoms with Crippen LogP contribution < -0.4 is 10.6 Å². The average molecular weight is 381 g/mol. The number of nitrogens with one attached hydrogen (secondary N) is 2. The molecule has 6 heteroatoms. The van der Waals surface area contributed by atoms with E-state index in [4.69, 9.17) is 4.74 Å². The summed E-state index contributed by atoms with van der Waals surface area (Å²) in [6.07, 6.45) is 1.78. The summed E-state index contributed by atoms with van der Waals surface area (Å²) in [5.74, 6) is 0.282. The van der Waals surface area contributed by atoms with E-state index in [0.29, 0.717) is 36.9 Å². The van der Waals surface area contributed by atoms with Gasteiger partial charge in [0.25, 0.3) is 5.91 Å². The Morgan fingerprint density at radius 1 is 1.11 bits per heavy atom. The Kier molecular flexibility index (Phi) is 7.03. The summed E-state index contributed by atoms with van der Waals surface area (Å²) < 4.78 is 5.35. The molecule has 28 heavy (non-hydrogen) atoms. The van der Waals surface area contributed by atoms with Crippen molar-refractivity contribution in [1.29, 1.82) is 0 Å². The zero-order valence-electron chi connectivity index (χ0n) is 16.2. The van der Waals surface area contributed by atoms with Gasteiger partial charge < -0.3 is 20.3 Å². The molecule has 6 nitrogen and oxygen atoms in total. The fraction of sp³-hybridized carbons (Fsp3) is 0.364. The Bertz CT molecular complexity index is 771. The summed E-state index contributed by atoms with van der Waals surface area (Å²) in [4.78, 5) is 26.2. The molecule has 0 spiro atoms. The number of hydrogen-bond donors (Lipinski definition) is 2. The van der Waals surface area contributed by atoms with Crippen molar-refractivity contribution >= 4 is 17.6 Å². The molecule has 2 N–H and O–H groups in total. The highest BCUT2D eigenvalue weighted by Gasteiger charge is 2.20. The van der Waals surface area contributed by atoms with Gasteiger partial charge in [0.05, 0.1) is 6.61 Å². The second kappa shape index (κ2) is 9.90. The van der Waals surface area contributed by atoms with Crippen LogP contribution in [0.25, 0.3) is 0 Å². The van der Waals surface area contributed by atoms with Gasteiger partial charge in [-0.25, -0.2) is 4.79 Å². The third kappa shape index (κ3) is 5.82. The van der Waals surface area contributed by atoms with Crippen LogP contribution in [-0.4, -0.2) is 50.2 Å². The van der Waals surface area contributed by atoms with E-state index in [1.54, 1.807) is 36.2 Å². The predicted molar refractivity (Wildman–Crippen MR) is 109 cm³/mol. The van der Waals surface area contributed by atoms with Crippen molar-refractivity contribution in [3.8, 4) is 0 Å². The molecule has 1 heterocycles. The largest absolute Gasteiger partial charge is 0.381 e. The summed E-state index contributed by atoms with van der Waals surface area (Å²) in [7, 11) is 1.78. The maximum atomic E-state index is 12.3. The molecule has 1 aliphatic rings. The molecule has 1 aliphatic heterocycles. The first-order valence-electron chi connectivity index (χ1n) is 9.64. The molecule has 0 aromatic heterocycles. The van der Waals surface area contributed by atoms with Gasteiger partial charge >= 0.3 is 6.03 Å². The number of ether oxygens (including phenoxy) is 1. The van der Waals surface area contributed by atoms with E-state index in [0.717, 1.165) is 19.4 Å². The van der Waals surface area contributed by atoms with Gasteiger partial charge in [0, 0.05) is 43.9 Å². The Balaban J connectivity index is 1.44. The second-order valence-corrected chi connectivity index (χ2v) is 7.11. The Morgan fingerprint density at radius 2 is 1.86 bits per heavy atom. The van der Waals surface area contributed by atoms with Crippen LogP contribution in [0.15, 0.2) is 54.6 Å². The number of benzene rings is 2. The quantitative estimate of drug-likeness (QED) is 0.774. The fourth-order valence-corrected chi connectivity index (χ4v) is 3.19. The molecule has 3 rings (SSSR count). The Labute approximate surface area is 165 Å². The minimum absolute atomic E-state index is 0.118. The van der Waals surface area contributed by atoms with E-state index in [2.05, 4.69) is 10.6 Å². The number of amides is 3. The standard InChI is InChI=1S/C22H27N3O3/c1-25(15-18-12-14-28-16-18)22(27)24-20-9-7-19(8-10-20)21(26)23-13-11-17-5-3-2-4-6-17/h2-10,18H,11-16H2,1H3,(H,23,26)(H,24,27)/t18-/m1/s1. The molecule has 0 radical (unpaired) electrons. The van der Waals surface area contributed by atoms with Crippen molar-refractivity contribution in [2.75, 3.05) is 38.7 Å². The van der Waals surface area contributed by atoms with Crippen LogP contribution in [0.5, 0.6) is 0 Å². The van der Waals surface area contributed by atoms with E-state index >= 15 is 0 Å². The molecule has 0 saturated carbocycles. The third-order valence-corrected chi connectivity index (χ3v) is 4.84. The summed E-state index contributed by atoms with van der Waals surface area (Å²) in [5, 5.41) is 5.78. The lowest BCUT2D eigenvalue weighted by Gasteiger charge is -2.21. The zero-order valence-corrected chi connectivity index (χ0v) is 16.2. The van der Waals surface area contributed by atoms with E-state index in [9.17, 15) is 9.59 Å². The topological polar surface area (TPSA) is 70.7 Å². The monoisotopic (exact) mass is 381 g/mol. The molecule has 1 atom stereocenters. The fourth-order valence-electron chi connectivity index (χ4n) is 3.19. The summed E-state index contributed by atoms with van der Waals surface area (Å²) >= 11 is 0. The average Bonchev–Trinajstić information content (AvgIpc) is 3.22. The molecule has 1 fully saturated rings. The lowest BCUT2D eigenvalue weighted by atomic mass is 10.1. The van der Waals surface area contributed by atoms with Crippen molar-refractivity contribution in [3.05, 3.63) is 65.7 Å². The number of nitrogens with zero attached hydrogens (tertiary/aromatic N) is 1. The molecule has 3 amide bonds. The van der Waals surface area contributed by atoms with E-state index in [-0.39, 0.29) is 11.9 Å². The molecule has 0 aliphatic carbocycles. The number of anilines is 1. The lowest BCUT2D eigenvalue weighted by Crippen LogP contribution is -2.35. The van der Waals surface area contributed by atoms with Crippen molar-refractivity contribution in [1.82, 2.24) is 10.2 Å². The highest BCUT2D eigenvalue weighted by molar-refractivity contribution is 5.95. The number of urea groups is 1. The van der Waals surface area contributed by atoms with Crippen LogP contribution >= 0.6 is 0 Å². The number of carbonyl (C=O) groups excluding carboxylic acids is 2. The number of carbonyl (C=O) groups is 2. The molecule has 1 saturated heterocycles. The Hall–Kier alpha value is -2.86. The minimum atomic E-state index is -0.160. The van der Waals surface area contributed by atoms with Crippen LogP contribution in [0.4, 0.5) is 10.5 Å². The maximum absolute atomic E-state index is 12.3. The highest BCUT2D eigenvalue weighted by Crippen LogP contribution is 2.15. The van der Waals surface area contributed by atoms with Gasteiger partial charge in [-0.15, -0.1) is 0 Å². The van der Waals surface area contributed by atoms with E-state index in [1.165, 1.54) is 5.56 Å². The predicted octanol–water partition coefficient (Wildman–Crippen LogP) is 3.16. The molecule has 2 aromatic carbocycles. The minimum Gasteiger partial charge on any atom is -0.381 e. The normalized spacial score (nSPS) is 15.8. The maximum Gasteiger partial charge on any atom is 0.321 e. The van der Waals surface area contributed by atoms with Gasteiger partial charge in [-0.05, 0) is 42.7 Å². The smallest absolute Gasteiger partial charge is 0.321 e. The van der Waals surface area contributed by atoms with Crippen LogP contribution in [0.3, 0.4) is 0 Å². The van der Waals surface area contributed by atoms with Crippen LogP contribution in [0.1, 0.15) is 22.3 Å². The SMILES string of the molecule is CN(C[C@H]1CCOC1)C(=O)Nc1ccc(C(=O)NCCc2ccccc2)cc1. The van der Waals surface area contributed by atoms with Gasteiger partial charge in [-0.3, -0.25) is 4.79 Å². The first-order chi connectivity index (χ1) is 13.6. The lowest BCUT2D eigenvalue weighted by molar-refractivity contribution is 0.0954. The van der Waals surface area contributed by atoms with Gasteiger partial charge in [0.2, 0.25) is 0 Å². The van der Waals surface area contributed by atoms with Crippen LogP contribution in [0, 0.1) is 5.92 Å². The van der Waals surface area contributed by atoms with E-state index < -0.39 is 0 Å². The molecule has 2 aromatic rings. The summed E-state index contributed by atoms with van der Waals surface area (Å²) in [5.41, 5.74) is 2.43. The zero-order chi connectivity index (χ0) is 19.8. The molecular formula is C22H27N3O3. The van der Waals surface area contributed by atoms with Gasteiger partial charge in [0.1, 0.15) is 0 Å². The molecule has 0 unspecified atom stereocenters. The number of rotatable bonds is 7. The second-order valence-electron chi connectivity index (χ2n) is 7.11. The van der Waals surface area contributed by atoms with Crippen molar-refractivity contribution < 1.29 is 14.3 Å². The van der Waals surface area contributed by atoms with Gasteiger partial charge in [-0.1, -0.05) is 30.3 Å². The highest BCUT2D eigenvalue weighted by atomic mass is 16.5.